The van der Waals surface area contributed by atoms with Crippen LogP contribution in [0.15, 0.2) is 47.2 Å². The first-order chi connectivity index (χ1) is 19.7. The van der Waals surface area contributed by atoms with Crippen LogP contribution in [0.2, 0.25) is 0 Å². The predicted octanol–water partition coefficient (Wildman–Crippen LogP) is 2.34. The molecule has 0 aromatic heterocycles. The van der Waals surface area contributed by atoms with Crippen LogP contribution >= 0.6 is 0 Å². The molecule has 11 heteroatoms. The minimum atomic E-state index is -2.70. The third-order valence-electron chi connectivity index (χ3n) is 8.53. The highest BCUT2D eigenvalue weighted by Gasteiger charge is 2.64. The van der Waals surface area contributed by atoms with Gasteiger partial charge >= 0.3 is 0 Å². The topological polar surface area (TPSA) is 165 Å². The van der Waals surface area contributed by atoms with E-state index in [2.05, 4.69) is 0 Å². The first-order valence-corrected chi connectivity index (χ1v) is 13.3. The van der Waals surface area contributed by atoms with Crippen molar-refractivity contribution in [2.75, 3.05) is 33.1 Å². The van der Waals surface area contributed by atoms with Crippen LogP contribution in [-0.2, 0) is 20.8 Å². The highest BCUT2D eigenvalue weighted by Crippen LogP contribution is 2.54. The Kier molecular flexibility index (Phi) is 6.99. The first kappa shape index (κ1) is 29.0. The van der Waals surface area contributed by atoms with E-state index in [-0.39, 0.29) is 29.7 Å². The summed E-state index contributed by atoms with van der Waals surface area (Å²) >= 11 is 0. The number of aliphatic hydroxyl groups is 3. The molecule has 0 heterocycles. The number of primary amides is 1. The molecule has 0 saturated heterocycles. The number of aromatic hydroxyl groups is 1. The van der Waals surface area contributed by atoms with Gasteiger partial charge in [0.1, 0.15) is 28.7 Å². The largest absolute Gasteiger partial charge is 0.508 e. The third kappa shape index (κ3) is 4.19. The number of nitrogens with two attached hydrogens (primary N) is 1. The zero-order valence-corrected chi connectivity index (χ0v) is 23.6. The van der Waals surface area contributed by atoms with Gasteiger partial charge in [-0.2, -0.15) is 0 Å². The number of hydrogen-bond donors (Lipinski definition) is 5. The fourth-order valence-electron chi connectivity index (χ4n) is 6.60. The molecular weight excluding hydrogens is 545 g/mol. The number of likely N-dealkylation sites (N-methyl/N-ethyl adjacent to an activating group) is 1. The lowest BCUT2D eigenvalue weighted by atomic mass is 9.57. The number of benzene rings is 2. The summed E-state index contributed by atoms with van der Waals surface area (Å²) in [5.74, 6) is -7.39. The molecule has 0 unspecified atom stereocenters. The number of phenols is 1. The van der Waals surface area contributed by atoms with Crippen LogP contribution in [0.4, 0.5) is 10.1 Å². The molecule has 1 saturated carbocycles. The molecule has 10 nitrogen and oxygen atoms in total. The van der Waals surface area contributed by atoms with E-state index >= 15 is 0 Å². The summed E-state index contributed by atoms with van der Waals surface area (Å²) in [5, 5.41) is 45.7. The summed E-state index contributed by atoms with van der Waals surface area (Å²) in [7, 11) is 6.68. The molecule has 3 aliphatic carbocycles. The van der Waals surface area contributed by atoms with Gasteiger partial charge in [-0.15, -0.1) is 0 Å². The Morgan fingerprint density at radius 1 is 1.07 bits per heavy atom. The van der Waals surface area contributed by atoms with E-state index in [4.69, 9.17) is 5.73 Å². The van der Waals surface area contributed by atoms with Crippen molar-refractivity contribution in [2.24, 2.45) is 17.6 Å². The molecule has 0 bridgehead atoms. The van der Waals surface area contributed by atoms with Gasteiger partial charge in [-0.3, -0.25) is 19.3 Å². The number of ketones is 2. The van der Waals surface area contributed by atoms with Crippen LogP contribution in [0.1, 0.15) is 28.7 Å². The van der Waals surface area contributed by atoms with E-state index in [9.17, 15) is 39.2 Å². The number of amides is 1. The van der Waals surface area contributed by atoms with E-state index in [1.165, 1.54) is 17.0 Å². The maximum Gasteiger partial charge on any atom is 0.255 e. The molecule has 6 N–H and O–H groups in total. The molecule has 220 valence electrons. The van der Waals surface area contributed by atoms with E-state index in [1.807, 2.05) is 0 Å². The monoisotopic (exact) mass is 577 g/mol. The van der Waals surface area contributed by atoms with Gasteiger partial charge in [-0.25, -0.2) is 4.39 Å². The summed E-state index contributed by atoms with van der Waals surface area (Å²) in [5.41, 5.74) is 3.77. The van der Waals surface area contributed by atoms with Gasteiger partial charge in [-0.1, -0.05) is 24.3 Å². The van der Waals surface area contributed by atoms with Crippen molar-refractivity contribution in [2.45, 2.75) is 24.5 Å². The molecular formula is C31H32FN3O7. The Hall–Kier alpha value is -4.48. The number of halogens is 1. The van der Waals surface area contributed by atoms with Crippen LogP contribution in [0.3, 0.4) is 0 Å². The minimum Gasteiger partial charge on any atom is -0.508 e. The second-order valence-electron chi connectivity index (χ2n) is 11.4. The normalized spacial score (nSPS) is 25.5. The zero-order valence-electron chi connectivity index (χ0n) is 23.6. The minimum absolute atomic E-state index is 0.00348. The molecule has 42 heavy (non-hydrogen) atoms. The van der Waals surface area contributed by atoms with Crippen LogP contribution in [0.25, 0.3) is 17.9 Å². The number of rotatable bonds is 5. The number of fused-ring (bicyclic) bond motifs is 3. The number of aliphatic hydroxyl groups excluding tert-OH is 2. The fourth-order valence-corrected chi connectivity index (χ4v) is 6.60. The molecule has 0 radical (unpaired) electrons. The van der Waals surface area contributed by atoms with Gasteiger partial charge in [0.05, 0.1) is 11.6 Å². The number of Topliss-reactive ketones (excluding diaryl/α,β-unsaturated/α-hetero) is 2. The zero-order chi connectivity index (χ0) is 30.8. The Bertz CT molecular complexity index is 1620. The summed E-state index contributed by atoms with van der Waals surface area (Å²) in [4.78, 5) is 42.7. The quantitative estimate of drug-likeness (QED) is 0.265. The molecule has 1 fully saturated rings. The number of nitrogens with zero attached hydrogens (tertiary/aromatic N) is 2. The maximum absolute atomic E-state index is 14.1. The van der Waals surface area contributed by atoms with Crippen LogP contribution in [0.5, 0.6) is 5.75 Å². The smallest absolute Gasteiger partial charge is 0.255 e. The molecule has 1 amide bonds. The summed E-state index contributed by atoms with van der Waals surface area (Å²) in [6.07, 6.45) is 3.43. The third-order valence-corrected chi connectivity index (χ3v) is 8.53. The lowest BCUT2D eigenvalue weighted by Crippen LogP contribution is -2.65. The standard InChI is InChI=1S/C31H32FN3O7/c1-34(2)20-13-15(8-5-14-6-9-17(32)10-7-14)25(36)22-18(20)11-16-12-19-24(35(3)4)27(38)23(30(33)41)29(40)31(19,42)28(39)21(16)26(22)37/h5-10,13,16,19,24,36-37,40,42H,11-12H2,1-4H3,(H2,33,41)/b8-5+/t16-,19-,24-,31-/m0/s1. The van der Waals surface area contributed by atoms with E-state index in [1.54, 1.807) is 63.4 Å². The predicted molar refractivity (Wildman–Crippen MR) is 154 cm³/mol. The van der Waals surface area contributed by atoms with Gasteiger partial charge in [0.15, 0.2) is 11.4 Å². The number of carbonyl (C=O) groups is 3. The Morgan fingerprint density at radius 3 is 2.29 bits per heavy atom. The molecule has 2 aromatic carbocycles. The van der Waals surface area contributed by atoms with Gasteiger partial charge < -0.3 is 31.1 Å². The number of hydrogen-bond acceptors (Lipinski definition) is 9. The van der Waals surface area contributed by atoms with E-state index in [0.29, 0.717) is 22.4 Å². The fraction of sp³-hybridized carbons (Fsp3) is 0.323. The number of anilines is 1. The average Bonchev–Trinajstić information content (AvgIpc) is 2.90. The molecule has 3 aliphatic rings. The lowest BCUT2D eigenvalue weighted by Gasteiger charge is -2.50. The Labute approximate surface area is 241 Å². The van der Waals surface area contributed by atoms with Gasteiger partial charge in [0, 0.05) is 36.8 Å². The molecule has 5 rings (SSSR count). The van der Waals surface area contributed by atoms with Crippen molar-refractivity contribution in [3.8, 4) is 5.75 Å². The van der Waals surface area contributed by atoms with E-state index in [0.717, 1.165) is 0 Å². The summed E-state index contributed by atoms with van der Waals surface area (Å²) in [6.45, 7) is 0. The van der Waals surface area contributed by atoms with Crippen LogP contribution in [-0.4, -0.2) is 82.6 Å². The highest BCUT2D eigenvalue weighted by atomic mass is 19.1. The van der Waals surface area contributed by atoms with Crippen molar-refractivity contribution >= 4 is 41.1 Å². The van der Waals surface area contributed by atoms with Gasteiger partial charge in [-0.05, 0) is 62.2 Å². The number of carbonyl (C=O) groups excluding carboxylic acids is 3. The van der Waals surface area contributed by atoms with Gasteiger partial charge in [0.2, 0.25) is 5.78 Å². The van der Waals surface area contributed by atoms with Crippen molar-refractivity contribution < 1.29 is 39.2 Å². The van der Waals surface area contributed by atoms with Crippen molar-refractivity contribution in [3.63, 3.8) is 0 Å². The van der Waals surface area contributed by atoms with Crippen LogP contribution < -0.4 is 10.6 Å². The molecule has 4 atom stereocenters. The van der Waals surface area contributed by atoms with Crippen molar-refractivity contribution in [3.05, 3.63) is 75.3 Å². The Balaban J connectivity index is 1.70. The second kappa shape index (κ2) is 10.1. The average molecular weight is 578 g/mol. The number of phenolic OH excluding ortho intramolecular Hbond substituents is 1. The molecule has 0 aliphatic heterocycles. The molecule has 2 aromatic rings. The van der Waals surface area contributed by atoms with Gasteiger partial charge in [0.25, 0.3) is 5.91 Å². The summed E-state index contributed by atoms with van der Waals surface area (Å²) < 4.78 is 13.3. The van der Waals surface area contributed by atoms with E-state index < -0.39 is 63.9 Å². The Morgan fingerprint density at radius 2 is 1.71 bits per heavy atom. The SMILES string of the molecule is CN(C)c1cc(/C=C/c2ccc(F)cc2)c(O)c2c1C[C@H]1C[C@H]3[C@H](N(C)C)C(=O)C(C(N)=O)=C(O)[C@@]3(O)C(=O)C1=C2O. The second-order valence-corrected chi connectivity index (χ2v) is 11.4. The van der Waals surface area contributed by atoms with Crippen molar-refractivity contribution in [1.82, 2.24) is 4.90 Å². The lowest BCUT2D eigenvalue weighted by molar-refractivity contribution is -0.153. The maximum atomic E-state index is 14.1. The van der Waals surface area contributed by atoms with Crippen LogP contribution in [0, 0.1) is 17.7 Å². The highest BCUT2D eigenvalue weighted by molar-refractivity contribution is 6.24. The van der Waals surface area contributed by atoms with Crippen molar-refractivity contribution in [1.29, 1.82) is 0 Å². The molecule has 0 spiro atoms. The first-order valence-electron chi connectivity index (χ1n) is 13.3. The summed E-state index contributed by atoms with van der Waals surface area (Å²) in [6, 6.07) is 6.30.